The van der Waals surface area contributed by atoms with Gasteiger partial charge in [0.2, 0.25) is 5.91 Å². The summed E-state index contributed by atoms with van der Waals surface area (Å²) in [6.45, 7) is 3.70. The lowest BCUT2D eigenvalue weighted by molar-refractivity contribution is -0.145. The second-order valence-corrected chi connectivity index (χ2v) is 9.17. The average molecular weight is 429 g/mol. The van der Waals surface area contributed by atoms with Crippen molar-refractivity contribution in [3.63, 3.8) is 0 Å². The van der Waals surface area contributed by atoms with Gasteiger partial charge in [-0.2, -0.15) is 0 Å². The Kier molecular flexibility index (Phi) is 10.3. The van der Waals surface area contributed by atoms with Crippen LogP contribution in [0.2, 0.25) is 0 Å². The summed E-state index contributed by atoms with van der Waals surface area (Å²) in [4.78, 5) is 34.1. The van der Waals surface area contributed by atoms with E-state index in [1.54, 1.807) is 38.1 Å². The summed E-state index contributed by atoms with van der Waals surface area (Å²) >= 11 is 0. The van der Waals surface area contributed by atoms with E-state index in [1.165, 1.54) is 0 Å². The summed E-state index contributed by atoms with van der Waals surface area (Å²) < 4.78 is 17.9. The van der Waals surface area contributed by atoms with Crippen LogP contribution in [0.4, 0.5) is 5.69 Å². The lowest BCUT2D eigenvalue weighted by Gasteiger charge is -2.28. The zero-order valence-electron chi connectivity index (χ0n) is 16.9. The molecule has 0 fully saturated rings. The van der Waals surface area contributed by atoms with Crippen molar-refractivity contribution in [2.75, 3.05) is 12.3 Å². The Labute approximate surface area is 171 Å². The van der Waals surface area contributed by atoms with Crippen molar-refractivity contribution in [2.45, 2.75) is 57.8 Å². The number of nitrogen functional groups attached to an aromatic ring is 1. The fraction of sp³-hybridized carbons (Fsp3) is 0.579. The van der Waals surface area contributed by atoms with E-state index >= 15 is 0 Å². The molecule has 0 aliphatic heterocycles. The van der Waals surface area contributed by atoms with Crippen molar-refractivity contribution in [1.29, 1.82) is 0 Å². The van der Waals surface area contributed by atoms with Crippen LogP contribution in [0, 0.1) is 5.92 Å². The van der Waals surface area contributed by atoms with E-state index in [2.05, 4.69) is 5.32 Å². The molecule has 1 rings (SSSR count). The van der Waals surface area contributed by atoms with Gasteiger partial charge in [-0.1, -0.05) is 26.0 Å². The number of amides is 1. The monoisotopic (exact) mass is 429 g/mol. The van der Waals surface area contributed by atoms with Gasteiger partial charge in [-0.3, -0.25) is 13.9 Å². The molecular weight excluding hydrogens is 397 g/mol. The number of hydrogen-bond donors (Lipinski definition) is 5. The molecule has 7 N–H and O–H groups in total. The second-order valence-electron chi connectivity index (χ2n) is 7.28. The molecule has 29 heavy (non-hydrogen) atoms. The van der Waals surface area contributed by atoms with Crippen LogP contribution >= 0.6 is 7.60 Å². The molecular formula is C19H32N3O6P. The number of hydrogen-bond acceptors (Lipinski definition) is 6. The first-order chi connectivity index (χ1) is 13.6. The van der Waals surface area contributed by atoms with E-state index in [4.69, 9.17) is 16.0 Å². The Balaban J connectivity index is 2.74. The number of anilines is 1. The minimum atomic E-state index is -4.43. The number of carboxylic acid groups (broad SMARTS) is 1. The maximum atomic E-state index is 12.8. The van der Waals surface area contributed by atoms with Crippen LogP contribution in [-0.2, 0) is 25.1 Å². The SMILES string of the molecule is CC(C)C(NC(=O)CCc1ccc(N)cc1)P(=O)(O)OC(CCCCN)C(=O)O. The molecule has 9 nitrogen and oxygen atoms in total. The van der Waals surface area contributed by atoms with Crippen LogP contribution in [0.3, 0.4) is 0 Å². The fourth-order valence-corrected chi connectivity index (χ4v) is 4.50. The average Bonchev–Trinajstić information content (AvgIpc) is 2.64. The van der Waals surface area contributed by atoms with Crippen LogP contribution in [0.1, 0.15) is 45.1 Å². The summed E-state index contributed by atoms with van der Waals surface area (Å²) in [6.07, 6.45) is 0.195. The number of carbonyl (C=O) groups is 2. The second kappa shape index (κ2) is 11.9. The maximum absolute atomic E-state index is 12.8. The first-order valence-electron chi connectivity index (χ1n) is 9.64. The molecule has 0 spiro atoms. The molecule has 0 saturated heterocycles. The van der Waals surface area contributed by atoms with E-state index in [0.717, 1.165) is 5.56 Å². The molecule has 164 valence electrons. The number of benzene rings is 1. The number of nitrogens with one attached hydrogen (secondary N) is 1. The van der Waals surface area contributed by atoms with Crippen molar-refractivity contribution >= 4 is 25.2 Å². The van der Waals surface area contributed by atoms with Crippen molar-refractivity contribution in [2.24, 2.45) is 11.7 Å². The molecule has 1 aromatic carbocycles. The summed E-state index contributed by atoms with van der Waals surface area (Å²) in [7, 11) is -4.43. The zero-order valence-corrected chi connectivity index (χ0v) is 17.8. The summed E-state index contributed by atoms with van der Waals surface area (Å²) in [5.74, 6) is -3.40. The van der Waals surface area contributed by atoms with Crippen molar-refractivity contribution < 1.29 is 28.7 Å². The van der Waals surface area contributed by atoms with Crippen LogP contribution in [0.25, 0.3) is 0 Å². The smallest absolute Gasteiger partial charge is 0.351 e. The predicted octanol–water partition coefficient (Wildman–Crippen LogP) is 2.08. The normalized spacial score (nSPS) is 15.5. The van der Waals surface area contributed by atoms with Gasteiger partial charge in [0.05, 0.1) is 0 Å². The van der Waals surface area contributed by atoms with E-state index in [9.17, 15) is 24.2 Å². The van der Waals surface area contributed by atoms with Gasteiger partial charge in [0.1, 0.15) is 5.78 Å². The highest BCUT2D eigenvalue weighted by Crippen LogP contribution is 2.50. The van der Waals surface area contributed by atoms with Crippen LogP contribution < -0.4 is 16.8 Å². The molecule has 0 aliphatic carbocycles. The van der Waals surface area contributed by atoms with Crippen LogP contribution in [0.15, 0.2) is 24.3 Å². The lowest BCUT2D eigenvalue weighted by Crippen LogP contribution is -2.40. The Hall–Kier alpha value is -1.93. The number of carbonyl (C=O) groups excluding carboxylic acids is 1. The number of nitrogens with two attached hydrogens (primary N) is 2. The fourth-order valence-electron chi connectivity index (χ4n) is 2.75. The Morgan fingerprint density at radius 2 is 1.83 bits per heavy atom. The van der Waals surface area contributed by atoms with Gasteiger partial charge in [0.15, 0.2) is 6.10 Å². The van der Waals surface area contributed by atoms with E-state index in [0.29, 0.717) is 31.5 Å². The molecule has 3 atom stereocenters. The molecule has 0 bridgehead atoms. The van der Waals surface area contributed by atoms with Crippen LogP contribution in [0.5, 0.6) is 0 Å². The number of unbranched alkanes of at least 4 members (excludes halogenated alkanes) is 1. The summed E-state index contributed by atoms with van der Waals surface area (Å²) in [5.41, 5.74) is 12.5. The van der Waals surface area contributed by atoms with Crippen LogP contribution in [-0.4, -0.2) is 40.3 Å². The van der Waals surface area contributed by atoms with Gasteiger partial charge in [0.25, 0.3) is 0 Å². The maximum Gasteiger partial charge on any atom is 0.351 e. The quantitative estimate of drug-likeness (QED) is 0.181. The molecule has 10 heteroatoms. The topological polar surface area (TPSA) is 165 Å². The van der Waals surface area contributed by atoms with Crippen molar-refractivity contribution in [3.8, 4) is 0 Å². The Bertz CT molecular complexity index is 710. The molecule has 0 radical (unpaired) electrons. The van der Waals surface area contributed by atoms with E-state index in [-0.39, 0.29) is 12.8 Å². The highest BCUT2D eigenvalue weighted by Gasteiger charge is 2.40. The van der Waals surface area contributed by atoms with Gasteiger partial charge < -0.3 is 26.8 Å². The Morgan fingerprint density at radius 3 is 2.34 bits per heavy atom. The molecule has 0 saturated carbocycles. The minimum absolute atomic E-state index is 0.0625. The standard InChI is InChI=1S/C19H32N3O6P/c1-13(2)18(22-17(23)11-8-14-6-9-15(21)10-7-14)29(26,27)28-16(19(24)25)5-3-4-12-20/h6-7,9-10,13,16,18H,3-5,8,11-12,20-21H2,1-2H3,(H,22,23)(H,24,25)(H,26,27). The molecule has 1 amide bonds. The molecule has 3 unspecified atom stereocenters. The lowest BCUT2D eigenvalue weighted by atomic mass is 10.1. The van der Waals surface area contributed by atoms with Gasteiger partial charge in [-0.15, -0.1) is 0 Å². The first-order valence-corrected chi connectivity index (χ1v) is 11.3. The largest absolute Gasteiger partial charge is 0.479 e. The van der Waals surface area contributed by atoms with Gasteiger partial charge in [-0.25, -0.2) is 4.79 Å². The molecule has 0 aromatic heterocycles. The molecule has 1 aromatic rings. The molecule has 0 aliphatic rings. The first kappa shape index (κ1) is 25.1. The number of carboxylic acids is 1. The third-order valence-electron chi connectivity index (χ3n) is 4.39. The van der Waals surface area contributed by atoms with Gasteiger partial charge >= 0.3 is 13.6 Å². The van der Waals surface area contributed by atoms with E-state index in [1.807, 2.05) is 0 Å². The van der Waals surface area contributed by atoms with Crippen molar-refractivity contribution in [1.82, 2.24) is 5.32 Å². The third kappa shape index (κ3) is 8.95. The van der Waals surface area contributed by atoms with Gasteiger partial charge in [-0.05, 0) is 55.8 Å². The minimum Gasteiger partial charge on any atom is -0.479 e. The zero-order chi connectivity index (χ0) is 22.0. The predicted molar refractivity (Wildman–Crippen MR) is 111 cm³/mol. The Morgan fingerprint density at radius 1 is 1.21 bits per heavy atom. The summed E-state index contributed by atoms with van der Waals surface area (Å²) in [5, 5.41) is 11.8. The van der Waals surface area contributed by atoms with Gasteiger partial charge in [0, 0.05) is 12.1 Å². The number of aliphatic carboxylic acids is 1. The van der Waals surface area contributed by atoms with E-state index < -0.39 is 37.3 Å². The molecule has 0 heterocycles. The van der Waals surface area contributed by atoms with Crippen molar-refractivity contribution in [3.05, 3.63) is 29.8 Å². The number of rotatable bonds is 13. The number of aryl methyl sites for hydroxylation is 1. The highest BCUT2D eigenvalue weighted by molar-refractivity contribution is 7.53. The summed E-state index contributed by atoms with van der Waals surface area (Å²) in [6, 6.07) is 7.08. The highest BCUT2D eigenvalue weighted by atomic mass is 31.2. The third-order valence-corrected chi connectivity index (χ3v) is 6.37.